The molecular formula is C16H16FNO2S. The van der Waals surface area contributed by atoms with Crippen molar-refractivity contribution in [1.29, 1.82) is 0 Å². The zero-order valence-electron chi connectivity index (χ0n) is 11.4. The van der Waals surface area contributed by atoms with Crippen molar-refractivity contribution in [2.75, 3.05) is 18.1 Å². The molecule has 0 amide bonds. The van der Waals surface area contributed by atoms with E-state index in [1.807, 2.05) is 18.2 Å². The Labute approximate surface area is 125 Å². The minimum Gasteiger partial charge on any atom is -0.399 e. The molecule has 1 heterocycles. The van der Waals surface area contributed by atoms with Crippen LogP contribution in [0.2, 0.25) is 0 Å². The molecule has 2 unspecified atom stereocenters. The first-order chi connectivity index (χ1) is 10.1. The molecule has 3 rings (SSSR count). The number of fused-ring (bicyclic) bond motifs is 1. The normalized spacial score (nSPS) is 19.0. The van der Waals surface area contributed by atoms with E-state index >= 15 is 0 Å². The molecule has 1 aliphatic heterocycles. The Morgan fingerprint density at radius 2 is 2.10 bits per heavy atom. The molecule has 5 heteroatoms. The lowest BCUT2D eigenvalue weighted by Gasteiger charge is -2.25. The Balaban J connectivity index is 1.82. The van der Waals surface area contributed by atoms with E-state index in [1.165, 1.54) is 17.7 Å². The first kappa shape index (κ1) is 14.2. The van der Waals surface area contributed by atoms with Crippen molar-refractivity contribution < 1.29 is 13.3 Å². The van der Waals surface area contributed by atoms with Crippen molar-refractivity contribution in [2.45, 2.75) is 17.4 Å². The number of hydrogen-bond acceptors (Lipinski definition) is 3. The maximum atomic E-state index is 13.4. The Kier molecular flexibility index (Phi) is 4.03. The molecule has 2 N–H and O–H groups in total. The van der Waals surface area contributed by atoms with Gasteiger partial charge in [-0.1, -0.05) is 24.3 Å². The molecule has 0 saturated heterocycles. The first-order valence-corrected chi connectivity index (χ1v) is 8.09. The fraction of sp³-hybridized carbons (Fsp3) is 0.250. The van der Waals surface area contributed by atoms with Crippen LogP contribution in [0.5, 0.6) is 0 Å². The summed E-state index contributed by atoms with van der Waals surface area (Å²) in [6, 6.07) is 12.0. The second-order valence-corrected chi connectivity index (χ2v) is 6.54. The summed E-state index contributed by atoms with van der Waals surface area (Å²) in [5.41, 5.74) is 8.18. The Hall–Kier alpha value is -1.72. The first-order valence-electron chi connectivity index (χ1n) is 6.77. The summed E-state index contributed by atoms with van der Waals surface area (Å²) < 4.78 is 31.5. The number of nitrogen functional groups attached to an aromatic ring is 1. The third-order valence-electron chi connectivity index (χ3n) is 3.55. The number of benzene rings is 2. The fourth-order valence-electron chi connectivity index (χ4n) is 2.56. The number of halogens is 1. The average molecular weight is 305 g/mol. The number of hydrogen-bond donors (Lipinski definition) is 1. The SMILES string of the molecule is Nc1cc(F)cc(S(=O)CC2OCCc3ccccc32)c1. The highest BCUT2D eigenvalue weighted by Crippen LogP contribution is 2.29. The predicted molar refractivity (Wildman–Crippen MR) is 80.9 cm³/mol. The fourth-order valence-corrected chi connectivity index (χ4v) is 3.82. The van der Waals surface area contributed by atoms with E-state index in [1.54, 1.807) is 6.07 Å². The second-order valence-electron chi connectivity index (χ2n) is 5.04. The lowest BCUT2D eigenvalue weighted by Crippen LogP contribution is -2.21. The molecule has 21 heavy (non-hydrogen) atoms. The van der Waals surface area contributed by atoms with Gasteiger partial charge in [0.1, 0.15) is 5.82 Å². The molecule has 2 atom stereocenters. The summed E-state index contributed by atoms with van der Waals surface area (Å²) in [6.45, 7) is 0.615. The summed E-state index contributed by atoms with van der Waals surface area (Å²) in [5.74, 6) is -0.164. The van der Waals surface area contributed by atoms with Crippen LogP contribution in [0.1, 0.15) is 17.2 Å². The van der Waals surface area contributed by atoms with Crippen LogP contribution in [0, 0.1) is 5.82 Å². The molecule has 0 aliphatic carbocycles. The standard InChI is InChI=1S/C16H16FNO2S/c17-12-7-13(18)9-14(8-12)21(19)10-16-15-4-2-1-3-11(15)5-6-20-16/h1-4,7-9,16H,5-6,10,18H2. The van der Waals surface area contributed by atoms with Crippen molar-refractivity contribution in [1.82, 2.24) is 0 Å². The van der Waals surface area contributed by atoms with Gasteiger partial charge in [0.05, 0.1) is 29.3 Å². The van der Waals surface area contributed by atoms with E-state index in [2.05, 4.69) is 6.07 Å². The summed E-state index contributed by atoms with van der Waals surface area (Å²) in [7, 11) is -1.35. The summed E-state index contributed by atoms with van der Waals surface area (Å²) in [5, 5.41) is 0. The van der Waals surface area contributed by atoms with E-state index < -0.39 is 16.6 Å². The van der Waals surface area contributed by atoms with Gasteiger partial charge in [-0.25, -0.2) is 4.39 Å². The van der Waals surface area contributed by atoms with Crippen LogP contribution in [-0.4, -0.2) is 16.6 Å². The van der Waals surface area contributed by atoms with Crippen molar-refractivity contribution in [3.05, 3.63) is 59.4 Å². The molecule has 110 valence electrons. The molecule has 0 radical (unpaired) electrons. The van der Waals surface area contributed by atoms with Gasteiger partial charge in [0.15, 0.2) is 0 Å². The smallest absolute Gasteiger partial charge is 0.126 e. The highest BCUT2D eigenvalue weighted by atomic mass is 32.2. The molecule has 0 spiro atoms. The molecule has 3 nitrogen and oxygen atoms in total. The molecule has 2 aromatic rings. The third kappa shape index (κ3) is 3.14. The summed E-state index contributed by atoms with van der Waals surface area (Å²) >= 11 is 0. The van der Waals surface area contributed by atoms with Crippen LogP contribution in [0.3, 0.4) is 0 Å². The highest BCUT2D eigenvalue weighted by molar-refractivity contribution is 7.85. The zero-order chi connectivity index (χ0) is 14.8. The quantitative estimate of drug-likeness (QED) is 0.887. The average Bonchev–Trinajstić information content (AvgIpc) is 2.46. The summed E-state index contributed by atoms with van der Waals surface area (Å²) in [4.78, 5) is 0.402. The van der Waals surface area contributed by atoms with Crippen LogP contribution in [0.15, 0.2) is 47.4 Å². The monoisotopic (exact) mass is 305 g/mol. The van der Waals surface area contributed by atoms with Crippen molar-refractivity contribution in [2.24, 2.45) is 0 Å². The molecule has 0 saturated carbocycles. The largest absolute Gasteiger partial charge is 0.399 e. The predicted octanol–water partition coefficient (Wildman–Crippen LogP) is 2.83. The second kappa shape index (κ2) is 5.95. The van der Waals surface area contributed by atoms with Crippen LogP contribution in [-0.2, 0) is 22.0 Å². The van der Waals surface area contributed by atoms with E-state index in [4.69, 9.17) is 10.5 Å². The van der Waals surface area contributed by atoms with Crippen LogP contribution < -0.4 is 5.73 Å². The Bertz CT molecular complexity index is 669. The molecule has 0 fully saturated rings. The highest BCUT2D eigenvalue weighted by Gasteiger charge is 2.23. The lowest BCUT2D eigenvalue weighted by molar-refractivity contribution is 0.0582. The topological polar surface area (TPSA) is 52.3 Å². The third-order valence-corrected chi connectivity index (χ3v) is 4.92. The maximum Gasteiger partial charge on any atom is 0.126 e. The van der Waals surface area contributed by atoms with Crippen molar-refractivity contribution in [3.63, 3.8) is 0 Å². The van der Waals surface area contributed by atoms with Gasteiger partial charge in [-0.05, 0) is 35.7 Å². The van der Waals surface area contributed by atoms with Gasteiger partial charge in [-0.15, -0.1) is 0 Å². The number of nitrogens with two attached hydrogens (primary N) is 1. The maximum absolute atomic E-state index is 13.4. The van der Waals surface area contributed by atoms with E-state index in [0.29, 0.717) is 17.3 Å². The van der Waals surface area contributed by atoms with Gasteiger partial charge < -0.3 is 10.5 Å². The molecule has 2 aromatic carbocycles. The van der Waals surface area contributed by atoms with Crippen molar-refractivity contribution >= 4 is 16.5 Å². The van der Waals surface area contributed by atoms with E-state index in [9.17, 15) is 8.60 Å². The molecule has 0 aromatic heterocycles. The van der Waals surface area contributed by atoms with Crippen LogP contribution in [0.25, 0.3) is 0 Å². The van der Waals surface area contributed by atoms with E-state index in [-0.39, 0.29) is 11.8 Å². The van der Waals surface area contributed by atoms with Crippen LogP contribution in [0.4, 0.5) is 10.1 Å². The Morgan fingerprint density at radius 1 is 1.29 bits per heavy atom. The van der Waals surface area contributed by atoms with Gasteiger partial charge in [-0.3, -0.25) is 4.21 Å². The number of anilines is 1. The van der Waals surface area contributed by atoms with Gasteiger partial charge >= 0.3 is 0 Å². The number of ether oxygens (including phenoxy) is 1. The number of rotatable bonds is 3. The molecular weight excluding hydrogens is 289 g/mol. The minimum atomic E-state index is -1.35. The zero-order valence-corrected chi connectivity index (χ0v) is 12.2. The minimum absolute atomic E-state index is 0.222. The van der Waals surface area contributed by atoms with Gasteiger partial charge in [0, 0.05) is 10.6 Å². The lowest BCUT2D eigenvalue weighted by atomic mass is 9.99. The molecule has 1 aliphatic rings. The van der Waals surface area contributed by atoms with E-state index in [0.717, 1.165) is 12.0 Å². The Morgan fingerprint density at radius 3 is 2.90 bits per heavy atom. The summed E-state index contributed by atoms with van der Waals surface area (Å²) in [6.07, 6.45) is 0.645. The van der Waals surface area contributed by atoms with Gasteiger partial charge in [-0.2, -0.15) is 0 Å². The van der Waals surface area contributed by atoms with Crippen LogP contribution >= 0.6 is 0 Å². The van der Waals surface area contributed by atoms with Crippen molar-refractivity contribution in [3.8, 4) is 0 Å². The van der Waals surface area contributed by atoms with Gasteiger partial charge in [0.2, 0.25) is 0 Å². The van der Waals surface area contributed by atoms with Gasteiger partial charge in [0.25, 0.3) is 0 Å². The molecule has 0 bridgehead atoms.